The fourth-order valence-electron chi connectivity index (χ4n) is 7.13. The van der Waals surface area contributed by atoms with Gasteiger partial charge in [-0.2, -0.15) is 0 Å². The van der Waals surface area contributed by atoms with Gasteiger partial charge in [0, 0.05) is 17.1 Å². The molecule has 1 nitrogen and oxygen atoms in total. The van der Waals surface area contributed by atoms with Crippen molar-refractivity contribution in [3.63, 3.8) is 0 Å². The van der Waals surface area contributed by atoms with Gasteiger partial charge in [-0.25, -0.2) is 0 Å². The molecule has 0 aliphatic heterocycles. The number of benzene rings is 6. The van der Waals surface area contributed by atoms with E-state index >= 15 is 0 Å². The van der Waals surface area contributed by atoms with Crippen molar-refractivity contribution in [2.24, 2.45) is 0 Å². The average Bonchev–Trinajstić information content (AvgIpc) is 3.49. The maximum absolute atomic E-state index is 2.47. The molecule has 190 valence electrons. The van der Waals surface area contributed by atoms with Crippen LogP contribution in [0.2, 0.25) is 0 Å². The van der Waals surface area contributed by atoms with E-state index in [1.165, 1.54) is 55.8 Å². The third-order valence-corrected chi connectivity index (χ3v) is 8.83. The maximum atomic E-state index is 2.47. The van der Waals surface area contributed by atoms with E-state index < -0.39 is 0 Å². The van der Waals surface area contributed by atoms with Crippen LogP contribution in [0.5, 0.6) is 0 Å². The molecule has 8 rings (SSSR count). The van der Waals surface area contributed by atoms with Gasteiger partial charge < -0.3 is 4.90 Å². The summed E-state index contributed by atoms with van der Waals surface area (Å²) in [6.07, 6.45) is 1.02. The highest BCUT2D eigenvalue weighted by Crippen LogP contribution is 2.63. The third kappa shape index (κ3) is 3.09. The number of rotatable bonds is 4. The van der Waals surface area contributed by atoms with Crippen LogP contribution in [0.4, 0.5) is 17.1 Å². The van der Waals surface area contributed by atoms with Gasteiger partial charge in [-0.1, -0.05) is 116 Å². The predicted octanol–water partition coefficient (Wildman–Crippen LogP) is 10.1. The molecule has 0 saturated heterocycles. The first-order chi connectivity index (χ1) is 19.8. The van der Waals surface area contributed by atoms with Crippen molar-refractivity contribution in [1.29, 1.82) is 0 Å². The molecular weight excluding hydrogens is 482 g/mol. The fourth-order valence-corrected chi connectivity index (χ4v) is 7.13. The fraction of sp³-hybridized carbons (Fsp3) is 0.0769. The minimum absolute atomic E-state index is 0.349. The van der Waals surface area contributed by atoms with Crippen LogP contribution in [0.1, 0.15) is 34.7 Å². The number of hydrogen-bond acceptors (Lipinski definition) is 1. The Bertz CT molecular complexity index is 1800. The summed E-state index contributed by atoms with van der Waals surface area (Å²) in [7, 11) is 0. The lowest BCUT2D eigenvalue weighted by Gasteiger charge is -2.32. The van der Waals surface area contributed by atoms with Gasteiger partial charge in [-0.05, 0) is 92.9 Å². The minimum atomic E-state index is -0.349. The lowest BCUT2D eigenvalue weighted by Crippen LogP contribution is -2.26. The summed E-state index contributed by atoms with van der Waals surface area (Å²) in [5.41, 5.74) is 15.4. The molecule has 1 heteroatoms. The molecule has 2 aliphatic carbocycles. The molecule has 0 amide bonds. The number of anilines is 3. The van der Waals surface area contributed by atoms with Crippen LogP contribution < -0.4 is 4.90 Å². The maximum Gasteiger partial charge on any atom is 0.0726 e. The van der Waals surface area contributed by atoms with Crippen LogP contribution in [0.25, 0.3) is 22.3 Å². The summed E-state index contributed by atoms with van der Waals surface area (Å²) in [4.78, 5) is 2.38. The van der Waals surface area contributed by atoms with Crippen molar-refractivity contribution < 1.29 is 0 Å². The van der Waals surface area contributed by atoms with E-state index in [9.17, 15) is 0 Å². The molecule has 2 aliphatic rings. The first-order valence-electron chi connectivity index (χ1n) is 14.2. The number of nitrogens with zero attached hydrogens (tertiary/aromatic N) is 1. The van der Waals surface area contributed by atoms with Gasteiger partial charge in [-0.3, -0.25) is 0 Å². The van der Waals surface area contributed by atoms with Crippen molar-refractivity contribution in [2.75, 3.05) is 4.90 Å². The smallest absolute Gasteiger partial charge is 0.0726 e. The lowest BCUT2D eigenvalue weighted by molar-refractivity contribution is 0.791. The second-order valence-corrected chi connectivity index (χ2v) is 10.8. The van der Waals surface area contributed by atoms with E-state index in [1.807, 2.05) is 0 Å². The molecule has 6 aromatic carbocycles. The van der Waals surface area contributed by atoms with Crippen LogP contribution in [-0.2, 0) is 11.8 Å². The highest BCUT2D eigenvalue weighted by atomic mass is 15.1. The minimum Gasteiger partial charge on any atom is -0.310 e. The summed E-state index contributed by atoms with van der Waals surface area (Å²) in [5, 5.41) is 0. The molecule has 0 fully saturated rings. The van der Waals surface area contributed by atoms with E-state index in [4.69, 9.17) is 0 Å². The molecule has 0 atom stereocenters. The highest BCUT2D eigenvalue weighted by Gasteiger charge is 2.51. The summed E-state index contributed by atoms with van der Waals surface area (Å²) < 4.78 is 0. The van der Waals surface area contributed by atoms with Crippen molar-refractivity contribution in [2.45, 2.75) is 18.8 Å². The summed E-state index contributed by atoms with van der Waals surface area (Å²) >= 11 is 0. The standard InChI is InChI=1S/C39H29N/c1-2-27-21-23-33-34-24-22-30(40(28-13-5-3-6-14-28)29-15-7-4-8-16-29)26-38(34)39(37(33)25-27)35-19-11-9-17-31(35)32-18-10-12-20-36(32)39/h3-26H,2H2,1H3. The van der Waals surface area contributed by atoms with Gasteiger partial charge in [-0.15, -0.1) is 0 Å². The zero-order valence-electron chi connectivity index (χ0n) is 22.5. The zero-order chi connectivity index (χ0) is 26.7. The normalized spacial score (nSPS) is 13.4. The Kier molecular flexibility index (Phi) is 5.09. The molecule has 0 radical (unpaired) electrons. The molecular formula is C39H29N. The number of aryl methyl sites for hydroxylation is 1. The molecule has 0 aromatic heterocycles. The van der Waals surface area contributed by atoms with Crippen LogP contribution in [0.3, 0.4) is 0 Å². The van der Waals surface area contributed by atoms with Gasteiger partial charge in [0.25, 0.3) is 0 Å². The van der Waals surface area contributed by atoms with Crippen molar-refractivity contribution in [3.8, 4) is 22.3 Å². The Balaban J connectivity index is 1.46. The van der Waals surface area contributed by atoms with Crippen molar-refractivity contribution in [1.82, 2.24) is 0 Å². The zero-order valence-corrected chi connectivity index (χ0v) is 22.5. The molecule has 0 heterocycles. The third-order valence-electron chi connectivity index (χ3n) is 8.83. The van der Waals surface area contributed by atoms with Gasteiger partial charge in [0.1, 0.15) is 0 Å². The van der Waals surface area contributed by atoms with Crippen molar-refractivity contribution in [3.05, 3.63) is 173 Å². The number of fused-ring (bicyclic) bond motifs is 10. The van der Waals surface area contributed by atoms with Crippen LogP contribution >= 0.6 is 0 Å². The van der Waals surface area contributed by atoms with Crippen LogP contribution in [-0.4, -0.2) is 0 Å². The molecule has 0 unspecified atom stereocenters. The molecule has 1 spiro atoms. The van der Waals surface area contributed by atoms with Crippen LogP contribution in [0, 0.1) is 0 Å². The first-order valence-corrected chi connectivity index (χ1v) is 14.2. The van der Waals surface area contributed by atoms with E-state index in [2.05, 4.69) is 157 Å². The summed E-state index contributed by atoms with van der Waals surface area (Å²) in [6.45, 7) is 2.25. The van der Waals surface area contributed by atoms with E-state index in [0.29, 0.717) is 0 Å². The number of hydrogen-bond donors (Lipinski definition) is 0. The topological polar surface area (TPSA) is 3.24 Å². The van der Waals surface area contributed by atoms with Crippen molar-refractivity contribution >= 4 is 17.1 Å². The summed E-state index contributed by atoms with van der Waals surface area (Å²) in [6, 6.07) is 53.7. The van der Waals surface area contributed by atoms with Gasteiger partial charge in [0.15, 0.2) is 0 Å². The number of para-hydroxylation sites is 2. The Morgan fingerprint density at radius 1 is 0.425 bits per heavy atom. The quantitative estimate of drug-likeness (QED) is 0.227. The van der Waals surface area contributed by atoms with E-state index in [1.54, 1.807) is 0 Å². The second-order valence-electron chi connectivity index (χ2n) is 10.8. The van der Waals surface area contributed by atoms with Gasteiger partial charge in [0.05, 0.1) is 5.41 Å². The average molecular weight is 512 g/mol. The lowest BCUT2D eigenvalue weighted by atomic mass is 9.70. The monoisotopic (exact) mass is 511 g/mol. The van der Waals surface area contributed by atoms with Crippen LogP contribution in [0.15, 0.2) is 146 Å². The summed E-state index contributed by atoms with van der Waals surface area (Å²) in [5.74, 6) is 0. The molecule has 0 saturated carbocycles. The Labute approximate surface area is 236 Å². The Hall–Kier alpha value is -4.88. The van der Waals surface area contributed by atoms with Gasteiger partial charge in [0.2, 0.25) is 0 Å². The largest absolute Gasteiger partial charge is 0.310 e. The Morgan fingerprint density at radius 3 is 1.48 bits per heavy atom. The predicted molar refractivity (Wildman–Crippen MR) is 167 cm³/mol. The molecule has 6 aromatic rings. The molecule has 0 N–H and O–H groups in total. The second kappa shape index (κ2) is 8.83. The first kappa shape index (κ1) is 23.0. The SMILES string of the molecule is CCc1ccc2c(c1)C1(c3ccccc3-c3ccccc31)c1cc(N(c3ccccc3)c3ccccc3)ccc1-2. The van der Waals surface area contributed by atoms with Gasteiger partial charge >= 0.3 is 0 Å². The highest BCUT2D eigenvalue weighted by molar-refractivity contribution is 5.96. The molecule has 0 bridgehead atoms. The van der Waals surface area contributed by atoms with E-state index in [0.717, 1.165) is 17.8 Å². The van der Waals surface area contributed by atoms with E-state index in [-0.39, 0.29) is 5.41 Å². The Morgan fingerprint density at radius 2 is 0.900 bits per heavy atom. The molecule has 40 heavy (non-hydrogen) atoms.